The first-order chi connectivity index (χ1) is 16.6. The lowest BCUT2D eigenvalue weighted by atomic mass is 9.93. The molecular formula is C24H20N8O2. The van der Waals surface area contributed by atoms with Crippen molar-refractivity contribution in [2.24, 2.45) is 4.99 Å². The van der Waals surface area contributed by atoms with Gasteiger partial charge in [-0.15, -0.1) is 0 Å². The molecule has 0 fully saturated rings. The molecule has 6 N–H and O–H groups in total. The van der Waals surface area contributed by atoms with Gasteiger partial charge in [0.25, 0.3) is 0 Å². The van der Waals surface area contributed by atoms with E-state index < -0.39 is 6.04 Å². The number of nitrogens with one attached hydrogen (secondary N) is 2. The third-order valence-electron chi connectivity index (χ3n) is 5.66. The highest BCUT2D eigenvalue weighted by Crippen LogP contribution is 2.41. The monoisotopic (exact) mass is 452 g/mol. The van der Waals surface area contributed by atoms with Gasteiger partial charge in [-0.1, -0.05) is 30.3 Å². The van der Waals surface area contributed by atoms with E-state index in [-0.39, 0.29) is 23.0 Å². The van der Waals surface area contributed by atoms with Gasteiger partial charge in [-0.3, -0.25) is 5.32 Å². The van der Waals surface area contributed by atoms with Gasteiger partial charge in [0, 0.05) is 12.0 Å². The molecule has 0 aliphatic carbocycles. The standard InChI is InChI=1S/C24H20N8O2/c25-11-16-20(27)19-21(30-24(29-12-26)32-23(19)31-22(16)28)14-4-2-13(3-5-14)15-6-7-17-18(10-15)34-9-1-8-33-17/h2-7,10,21H,1,8-9H2,(H6,27,28,29,30,31,32). The molecule has 0 amide bonds. The number of hydrogen-bond donors (Lipinski definition) is 4. The average molecular weight is 452 g/mol. The van der Waals surface area contributed by atoms with Crippen molar-refractivity contribution in [3.8, 4) is 34.9 Å². The summed E-state index contributed by atoms with van der Waals surface area (Å²) >= 11 is 0. The minimum Gasteiger partial charge on any atom is -0.490 e. The summed E-state index contributed by atoms with van der Waals surface area (Å²) in [6, 6.07) is 15.1. The third-order valence-corrected chi connectivity index (χ3v) is 5.66. The highest BCUT2D eigenvalue weighted by molar-refractivity contribution is 5.98. The Bertz CT molecular complexity index is 1390. The summed E-state index contributed by atoms with van der Waals surface area (Å²) in [7, 11) is 0. The first-order valence-electron chi connectivity index (χ1n) is 10.6. The van der Waals surface area contributed by atoms with Crippen LogP contribution in [0.5, 0.6) is 11.5 Å². The lowest BCUT2D eigenvalue weighted by Gasteiger charge is -2.26. The molecule has 5 rings (SSSR count). The fraction of sp³-hybridized carbons (Fsp3) is 0.167. The molecule has 0 radical (unpaired) electrons. The highest BCUT2D eigenvalue weighted by atomic mass is 16.5. The van der Waals surface area contributed by atoms with Crippen molar-refractivity contribution in [2.75, 3.05) is 30.0 Å². The van der Waals surface area contributed by atoms with Crippen molar-refractivity contribution >= 4 is 23.3 Å². The van der Waals surface area contributed by atoms with E-state index in [1.54, 1.807) is 0 Å². The van der Waals surface area contributed by atoms with E-state index in [1.807, 2.05) is 54.7 Å². The van der Waals surface area contributed by atoms with Crippen LogP contribution in [0, 0.1) is 22.8 Å². The molecule has 1 atom stereocenters. The van der Waals surface area contributed by atoms with E-state index in [1.165, 1.54) is 0 Å². The van der Waals surface area contributed by atoms with Crippen LogP contribution in [0.2, 0.25) is 0 Å². The minimum atomic E-state index is -0.592. The number of ether oxygens (including phenoxy) is 2. The van der Waals surface area contributed by atoms with E-state index in [9.17, 15) is 5.26 Å². The molecule has 0 spiro atoms. The molecule has 0 bridgehead atoms. The zero-order chi connectivity index (χ0) is 23.7. The van der Waals surface area contributed by atoms with Crippen LogP contribution in [0.3, 0.4) is 0 Å². The van der Waals surface area contributed by atoms with Gasteiger partial charge >= 0.3 is 0 Å². The Balaban J connectivity index is 1.54. The number of nitriles is 2. The molecule has 34 heavy (non-hydrogen) atoms. The predicted octanol–water partition coefficient (Wildman–Crippen LogP) is 2.89. The van der Waals surface area contributed by atoms with E-state index in [2.05, 4.69) is 20.6 Å². The smallest absolute Gasteiger partial charge is 0.211 e. The number of fused-ring (bicyclic) bond motifs is 2. The molecule has 2 aliphatic rings. The lowest BCUT2D eigenvalue weighted by Crippen LogP contribution is -2.32. The molecule has 10 heteroatoms. The van der Waals surface area contributed by atoms with E-state index in [0.717, 1.165) is 34.6 Å². The first-order valence-corrected chi connectivity index (χ1v) is 10.6. The number of aromatic nitrogens is 1. The summed E-state index contributed by atoms with van der Waals surface area (Å²) in [5.41, 5.74) is 15.8. The van der Waals surface area contributed by atoms with Crippen LogP contribution in [0.15, 0.2) is 47.5 Å². The fourth-order valence-electron chi connectivity index (χ4n) is 4.02. The molecule has 1 unspecified atom stereocenters. The molecular weight excluding hydrogens is 432 g/mol. The van der Waals surface area contributed by atoms with Gasteiger partial charge in [0.05, 0.1) is 18.9 Å². The Labute approximate surface area is 195 Å². The number of rotatable bonds is 2. The van der Waals surface area contributed by atoms with Crippen LogP contribution in [-0.2, 0) is 0 Å². The summed E-state index contributed by atoms with van der Waals surface area (Å²) in [4.78, 5) is 8.86. The normalized spacial score (nSPS) is 16.1. The van der Waals surface area contributed by atoms with E-state index in [0.29, 0.717) is 24.6 Å². The van der Waals surface area contributed by atoms with Crippen LogP contribution in [0.1, 0.15) is 29.2 Å². The van der Waals surface area contributed by atoms with Crippen LogP contribution >= 0.6 is 0 Å². The second kappa shape index (κ2) is 8.52. The molecule has 10 nitrogen and oxygen atoms in total. The maximum atomic E-state index is 9.48. The zero-order valence-electron chi connectivity index (χ0n) is 18.0. The molecule has 2 aliphatic heterocycles. The van der Waals surface area contributed by atoms with Crippen LogP contribution in [0.4, 0.5) is 17.3 Å². The average Bonchev–Trinajstić information content (AvgIpc) is 3.09. The number of nitrogens with two attached hydrogens (primary N) is 2. The zero-order valence-corrected chi connectivity index (χ0v) is 18.0. The number of hydrogen-bond acceptors (Lipinski definition) is 10. The van der Waals surface area contributed by atoms with Crippen molar-refractivity contribution in [1.29, 1.82) is 10.5 Å². The Morgan fingerprint density at radius 1 is 1.00 bits per heavy atom. The predicted molar refractivity (Wildman–Crippen MR) is 127 cm³/mol. The molecule has 3 aromatic rings. The van der Waals surface area contributed by atoms with Gasteiger partial charge in [-0.2, -0.15) is 10.5 Å². The molecule has 0 saturated carbocycles. The largest absolute Gasteiger partial charge is 0.490 e. The van der Waals surface area contributed by atoms with Crippen LogP contribution in [0.25, 0.3) is 11.1 Å². The van der Waals surface area contributed by atoms with Crippen molar-refractivity contribution in [3.05, 3.63) is 59.2 Å². The van der Waals surface area contributed by atoms with Crippen LogP contribution in [-0.4, -0.2) is 24.2 Å². The van der Waals surface area contributed by atoms with Gasteiger partial charge in [-0.25, -0.2) is 9.98 Å². The SMILES string of the molecule is N#CNC1=NC(c2ccc(-c3ccc4c(c3)OCCCO4)cc2)c2c(nc(N)c(C#N)c2N)N1. The van der Waals surface area contributed by atoms with Crippen LogP contribution < -0.4 is 31.6 Å². The van der Waals surface area contributed by atoms with Gasteiger partial charge in [0.1, 0.15) is 29.3 Å². The number of pyridine rings is 1. The lowest BCUT2D eigenvalue weighted by molar-refractivity contribution is 0.297. The quantitative estimate of drug-likeness (QED) is 0.337. The number of guanidine groups is 1. The second-order valence-corrected chi connectivity index (χ2v) is 7.74. The first kappa shape index (κ1) is 20.9. The Morgan fingerprint density at radius 2 is 1.74 bits per heavy atom. The maximum Gasteiger partial charge on any atom is 0.211 e. The number of nitrogen functional groups attached to an aromatic ring is 2. The molecule has 2 aromatic carbocycles. The summed E-state index contributed by atoms with van der Waals surface area (Å²) in [6.07, 6.45) is 2.69. The number of benzene rings is 2. The Hall–Kier alpha value is -4.96. The molecule has 3 heterocycles. The summed E-state index contributed by atoms with van der Waals surface area (Å²) < 4.78 is 11.5. The van der Waals surface area contributed by atoms with Crippen molar-refractivity contribution in [2.45, 2.75) is 12.5 Å². The summed E-state index contributed by atoms with van der Waals surface area (Å²) in [5, 5.41) is 24.0. The van der Waals surface area contributed by atoms with Gasteiger partial charge in [0.2, 0.25) is 5.96 Å². The van der Waals surface area contributed by atoms with Crippen molar-refractivity contribution in [3.63, 3.8) is 0 Å². The van der Waals surface area contributed by atoms with E-state index >= 15 is 0 Å². The minimum absolute atomic E-state index is 0.00737. The van der Waals surface area contributed by atoms with Crippen molar-refractivity contribution < 1.29 is 9.47 Å². The van der Waals surface area contributed by atoms with Gasteiger partial charge in [-0.05, 0) is 28.8 Å². The summed E-state index contributed by atoms with van der Waals surface area (Å²) in [5.74, 6) is 2.03. The number of aliphatic imine (C=N–C) groups is 1. The van der Waals surface area contributed by atoms with E-state index in [4.69, 9.17) is 26.2 Å². The molecule has 0 saturated heterocycles. The second-order valence-electron chi connectivity index (χ2n) is 7.74. The Kier molecular flexibility index (Phi) is 5.24. The fourth-order valence-corrected chi connectivity index (χ4v) is 4.02. The molecule has 1 aromatic heterocycles. The summed E-state index contributed by atoms with van der Waals surface area (Å²) in [6.45, 7) is 1.26. The maximum absolute atomic E-state index is 9.48. The van der Waals surface area contributed by atoms with Gasteiger partial charge in [0.15, 0.2) is 17.7 Å². The topological polar surface area (TPSA) is 167 Å². The molecule has 168 valence electrons. The van der Waals surface area contributed by atoms with Gasteiger partial charge < -0.3 is 26.3 Å². The number of nitrogens with zero attached hydrogens (tertiary/aromatic N) is 4. The highest BCUT2D eigenvalue weighted by Gasteiger charge is 2.29. The van der Waals surface area contributed by atoms with Crippen molar-refractivity contribution in [1.82, 2.24) is 10.3 Å². The number of anilines is 3. The third kappa shape index (κ3) is 3.63. The Morgan fingerprint density at radius 3 is 2.47 bits per heavy atom.